The highest BCUT2D eigenvalue weighted by molar-refractivity contribution is 9.10. The van der Waals surface area contributed by atoms with E-state index in [2.05, 4.69) is 15.9 Å². The Morgan fingerprint density at radius 2 is 2.04 bits per heavy atom. The number of hydrogen-bond donors (Lipinski definition) is 0. The van der Waals surface area contributed by atoms with Crippen molar-refractivity contribution in [2.75, 3.05) is 21.0 Å². The summed E-state index contributed by atoms with van der Waals surface area (Å²) in [6.07, 6.45) is -0.779. The van der Waals surface area contributed by atoms with Crippen LogP contribution >= 0.6 is 15.9 Å². The largest absolute Gasteiger partial charge is 0.497 e. The molecule has 6 heteroatoms. The first-order valence-electron chi connectivity index (χ1n) is 7.39. The first-order valence-corrected chi connectivity index (χ1v) is 8.18. The Balaban J connectivity index is 1.79. The van der Waals surface area contributed by atoms with E-state index in [4.69, 9.17) is 18.9 Å². The van der Waals surface area contributed by atoms with Gasteiger partial charge in [0.05, 0.1) is 12.7 Å². The summed E-state index contributed by atoms with van der Waals surface area (Å²) in [5.74, 6) is 1.10. The maximum atomic E-state index is 12.8. The molecule has 0 bridgehead atoms. The van der Waals surface area contributed by atoms with Crippen molar-refractivity contribution in [3.63, 3.8) is 0 Å². The Morgan fingerprint density at radius 3 is 2.79 bits per heavy atom. The minimum Gasteiger partial charge on any atom is -0.497 e. The van der Waals surface area contributed by atoms with Crippen LogP contribution in [-0.2, 0) is 9.47 Å². The number of benzene rings is 2. The number of carbonyl (C=O) groups is 1. The van der Waals surface area contributed by atoms with Gasteiger partial charge in [-0.1, -0.05) is 28.1 Å². The number of hydrogen-bond acceptors (Lipinski definition) is 5. The van der Waals surface area contributed by atoms with Crippen LogP contribution in [0.4, 0.5) is 0 Å². The minimum atomic E-state index is -0.517. The third-order valence-electron chi connectivity index (χ3n) is 3.71. The number of carbonyl (C=O) groups excluding carboxylic acids is 1. The smallest absolute Gasteiger partial charge is 0.198 e. The van der Waals surface area contributed by atoms with E-state index in [1.165, 1.54) is 7.11 Å². The van der Waals surface area contributed by atoms with Crippen LogP contribution < -0.4 is 9.47 Å². The molecule has 24 heavy (non-hydrogen) atoms. The average Bonchev–Trinajstić information content (AvgIpc) is 3.41. The first kappa shape index (κ1) is 17.0. The molecule has 1 aliphatic rings. The summed E-state index contributed by atoms with van der Waals surface area (Å²) in [5, 5.41) is 0. The number of methoxy groups -OCH3 is 2. The van der Waals surface area contributed by atoms with Crippen LogP contribution in [0, 0.1) is 0 Å². The van der Waals surface area contributed by atoms with E-state index in [0.29, 0.717) is 11.3 Å². The van der Waals surface area contributed by atoms with E-state index in [9.17, 15) is 4.79 Å². The van der Waals surface area contributed by atoms with Gasteiger partial charge in [0.1, 0.15) is 17.6 Å². The highest BCUT2D eigenvalue weighted by Crippen LogP contribution is 2.42. The van der Waals surface area contributed by atoms with Crippen molar-refractivity contribution in [2.24, 2.45) is 0 Å². The Labute approximate surface area is 148 Å². The van der Waals surface area contributed by atoms with Crippen molar-refractivity contribution < 1.29 is 23.7 Å². The van der Waals surface area contributed by atoms with Crippen molar-refractivity contribution in [3.8, 4) is 11.5 Å². The van der Waals surface area contributed by atoms with Crippen molar-refractivity contribution in [2.45, 2.75) is 12.2 Å². The van der Waals surface area contributed by atoms with Gasteiger partial charge in [0.25, 0.3) is 0 Å². The van der Waals surface area contributed by atoms with Gasteiger partial charge in [-0.25, -0.2) is 0 Å². The Morgan fingerprint density at radius 1 is 1.21 bits per heavy atom. The molecule has 0 spiro atoms. The predicted octanol–water partition coefficient (Wildman–Crippen LogP) is 3.76. The fraction of sp³-hybridized carbons (Fsp3) is 0.278. The lowest BCUT2D eigenvalue weighted by molar-refractivity contribution is 0.0501. The van der Waals surface area contributed by atoms with E-state index in [1.54, 1.807) is 19.2 Å². The van der Waals surface area contributed by atoms with E-state index in [1.807, 2.05) is 30.3 Å². The van der Waals surface area contributed by atoms with Gasteiger partial charge in [-0.05, 0) is 35.9 Å². The van der Waals surface area contributed by atoms with Gasteiger partial charge in [0.2, 0.25) is 0 Å². The zero-order valence-corrected chi connectivity index (χ0v) is 14.9. The first-order chi connectivity index (χ1) is 11.6. The normalized spacial score (nSPS) is 19.0. The summed E-state index contributed by atoms with van der Waals surface area (Å²) in [6, 6.07) is 12.8. The van der Waals surface area contributed by atoms with Gasteiger partial charge in [0, 0.05) is 11.6 Å². The predicted molar refractivity (Wildman–Crippen MR) is 91.6 cm³/mol. The quantitative estimate of drug-likeness (QED) is 0.407. The summed E-state index contributed by atoms with van der Waals surface area (Å²) >= 11 is 3.38. The summed E-state index contributed by atoms with van der Waals surface area (Å²) in [4.78, 5) is 12.8. The summed E-state index contributed by atoms with van der Waals surface area (Å²) in [5.41, 5.74) is 1.39. The van der Waals surface area contributed by atoms with Crippen LogP contribution in [-0.4, -0.2) is 32.9 Å². The maximum Gasteiger partial charge on any atom is 0.198 e. The average molecular weight is 393 g/mol. The monoisotopic (exact) mass is 392 g/mol. The lowest BCUT2D eigenvalue weighted by Gasteiger charge is -2.09. The van der Waals surface area contributed by atoms with E-state index in [-0.39, 0.29) is 18.7 Å². The third kappa shape index (κ3) is 3.61. The molecular weight excluding hydrogens is 376 g/mol. The number of ketones is 1. The fourth-order valence-electron chi connectivity index (χ4n) is 2.48. The van der Waals surface area contributed by atoms with Crippen molar-refractivity contribution in [1.29, 1.82) is 0 Å². The molecule has 0 unspecified atom stereocenters. The van der Waals surface area contributed by atoms with Gasteiger partial charge in [-0.3, -0.25) is 4.79 Å². The Bertz CT molecular complexity index is 746. The number of ether oxygens (including phenoxy) is 4. The lowest BCUT2D eigenvalue weighted by atomic mass is 10.0. The van der Waals surface area contributed by atoms with Gasteiger partial charge >= 0.3 is 0 Å². The number of epoxide rings is 1. The zero-order chi connectivity index (χ0) is 17.1. The highest BCUT2D eigenvalue weighted by Gasteiger charge is 2.47. The topological polar surface area (TPSA) is 57.3 Å². The molecule has 1 saturated heterocycles. The van der Waals surface area contributed by atoms with Crippen LogP contribution in [0.2, 0.25) is 0 Å². The van der Waals surface area contributed by atoms with E-state index < -0.39 is 6.10 Å². The molecule has 2 aromatic rings. The molecule has 1 aliphatic heterocycles. The molecule has 126 valence electrons. The van der Waals surface area contributed by atoms with Crippen LogP contribution in [0.5, 0.6) is 11.5 Å². The van der Waals surface area contributed by atoms with Crippen LogP contribution in [0.1, 0.15) is 22.0 Å². The molecule has 0 aliphatic carbocycles. The molecule has 3 rings (SSSR count). The third-order valence-corrected chi connectivity index (χ3v) is 4.20. The number of halogens is 1. The summed E-state index contributed by atoms with van der Waals surface area (Å²) < 4.78 is 22.0. The molecule has 1 fully saturated rings. The van der Waals surface area contributed by atoms with Crippen molar-refractivity contribution >= 4 is 21.7 Å². The zero-order valence-electron chi connectivity index (χ0n) is 13.3. The van der Waals surface area contributed by atoms with Gasteiger partial charge in [0.15, 0.2) is 18.7 Å². The van der Waals surface area contributed by atoms with Crippen molar-refractivity contribution in [3.05, 3.63) is 58.1 Å². The molecule has 5 nitrogen and oxygen atoms in total. The molecule has 1 heterocycles. The van der Waals surface area contributed by atoms with Gasteiger partial charge in [-0.15, -0.1) is 0 Å². The van der Waals surface area contributed by atoms with E-state index in [0.717, 1.165) is 15.8 Å². The lowest BCUT2D eigenvalue weighted by Crippen LogP contribution is -2.11. The Kier molecular flexibility index (Phi) is 5.18. The summed E-state index contributed by atoms with van der Waals surface area (Å²) in [7, 11) is 3.14. The second kappa shape index (κ2) is 7.34. The standard InChI is InChI=1S/C18H17BrO5/c1-21-10-23-15-7-6-12(19)9-14(15)16(20)18-17(24-18)11-4-3-5-13(8-11)22-2/h3-9,17-18H,10H2,1-2H3/t17-,18+/m0/s1. The fourth-order valence-corrected chi connectivity index (χ4v) is 2.84. The molecule has 0 saturated carbocycles. The van der Waals surface area contributed by atoms with Gasteiger partial charge < -0.3 is 18.9 Å². The molecule has 2 atom stereocenters. The molecule has 0 amide bonds. The second-order valence-corrected chi connectivity index (χ2v) is 6.23. The molecular formula is C18H17BrO5. The maximum absolute atomic E-state index is 12.8. The number of Topliss-reactive ketones (excluding diaryl/α,β-unsaturated/α-hetero) is 1. The minimum absolute atomic E-state index is 0.0761. The van der Waals surface area contributed by atoms with Crippen LogP contribution in [0.3, 0.4) is 0 Å². The molecule has 0 radical (unpaired) electrons. The summed E-state index contributed by atoms with van der Waals surface area (Å²) in [6.45, 7) is 0.0761. The second-order valence-electron chi connectivity index (χ2n) is 5.31. The Hall–Kier alpha value is -1.89. The van der Waals surface area contributed by atoms with Crippen LogP contribution in [0.15, 0.2) is 46.9 Å². The molecule has 0 N–H and O–H groups in total. The van der Waals surface area contributed by atoms with Gasteiger partial charge in [-0.2, -0.15) is 0 Å². The van der Waals surface area contributed by atoms with Crippen molar-refractivity contribution in [1.82, 2.24) is 0 Å². The number of rotatable bonds is 7. The molecule has 0 aromatic heterocycles. The SMILES string of the molecule is COCOc1ccc(Br)cc1C(=O)[C@H]1O[C@H]1c1cccc(OC)c1. The van der Waals surface area contributed by atoms with Crippen LogP contribution in [0.25, 0.3) is 0 Å². The highest BCUT2D eigenvalue weighted by atomic mass is 79.9. The van der Waals surface area contributed by atoms with E-state index >= 15 is 0 Å². The molecule has 2 aromatic carbocycles.